The van der Waals surface area contributed by atoms with Gasteiger partial charge in [-0.05, 0) is 31.5 Å². The number of hydrogen-bond donors (Lipinski definition) is 1. The van der Waals surface area contributed by atoms with Crippen molar-refractivity contribution in [3.63, 3.8) is 0 Å². The lowest BCUT2D eigenvalue weighted by molar-refractivity contribution is -0.131. The molecule has 1 aliphatic rings. The second kappa shape index (κ2) is 8.85. The molecule has 1 fully saturated rings. The number of benzene rings is 1. The van der Waals surface area contributed by atoms with Gasteiger partial charge in [-0.15, -0.1) is 12.4 Å². The molecule has 0 saturated carbocycles. The monoisotopic (exact) mass is 316 g/mol. The van der Waals surface area contributed by atoms with Crippen LogP contribution < -0.4 is 10.1 Å². The van der Waals surface area contributed by atoms with Crippen LogP contribution in [-0.2, 0) is 4.79 Å². The number of carbonyl (C=O) groups is 1. The summed E-state index contributed by atoms with van der Waals surface area (Å²) < 4.78 is 18.6. The van der Waals surface area contributed by atoms with E-state index >= 15 is 0 Å². The van der Waals surface area contributed by atoms with Crippen LogP contribution in [0.2, 0.25) is 0 Å². The van der Waals surface area contributed by atoms with Crippen molar-refractivity contribution < 1.29 is 13.9 Å². The molecule has 1 N–H and O–H groups in total. The highest BCUT2D eigenvalue weighted by molar-refractivity contribution is 5.85. The molecule has 1 atom stereocenters. The Morgan fingerprint density at radius 1 is 1.48 bits per heavy atom. The molecule has 1 aromatic rings. The van der Waals surface area contributed by atoms with Gasteiger partial charge in [0.25, 0.3) is 0 Å². The standard InChI is InChI=1S/C15H21FN2O2.ClH/c1-18(12-8-9-17-11-12)15(19)7-4-10-20-14-6-3-2-5-13(14)16;/h2-3,5-6,12,17H,4,7-11H2,1H3;1H. The number of carbonyl (C=O) groups excluding carboxylic acids is 1. The summed E-state index contributed by atoms with van der Waals surface area (Å²) in [7, 11) is 1.84. The predicted molar refractivity (Wildman–Crippen MR) is 82.4 cm³/mol. The maximum atomic E-state index is 13.3. The zero-order chi connectivity index (χ0) is 14.4. The van der Waals surface area contributed by atoms with E-state index < -0.39 is 0 Å². The molecular formula is C15H22ClFN2O2. The number of para-hydroxylation sites is 1. The lowest BCUT2D eigenvalue weighted by atomic mass is 10.2. The molecule has 1 aliphatic heterocycles. The van der Waals surface area contributed by atoms with Crippen molar-refractivity contribution in [1.82, 2.24) is 10.2 Å². The maximum Gasteiger partial charge on any atom is 0.222 e. The fourth-order valence-corrected chi connectivity index (χ4v) is 2.32. The summed E-state index contributed by atoms with van der Waals surface area (Å²) in [6.45, 7) is 2.19. The van der Waals surface area contributed by atoms with E-state index in [1.54, 1.807) is 18.2 Å². The Bertz CT molecular complexity index is 453. The van der Waals surface area contributed by atoms with Crippen LogP contribution in [0.15, 0.2) is 24.3 Å². The molecule has 118 valence electrons. The molecule has 0 aliphatic carbocycles. The molecule has 0 radical (unpaired) electrons. The van der Waals surface area contributed by atoms with E-state index in [2.05, 4.69) is 5.32 Å². The first-order valence-corrected chi connectivity index (χ1v) is 7.02. The summed E-state index contributed by atoms with van der Waals surface area (Å²) in [5.74, 6) is -0.00268. The Morgan fingerprint density at radius 2 is 2.24 bits per heavy atom. The summed E-state index contributed by atoms with van der Waals surface area (Å²) in [6.07, 6.45) is 2.03. The molecule has 1 heterocycles. The van der Waals surface area contributed by atoms with Gasteiger partial charge in [-0.3, -0.25) is 4.79 Å². The minimum Gasteiger partial charge on any atom is -0.491 e. The average molecular weight is 317 g/mol. The molecule has 1 amide bonds. The molecule has 0 spiro atoms. The number of likely N-dealkylation sites (N-methyl/N-ethyl adjacent to an activating group) is 1. The lowest BCUT2D eigenvalue weighted by Crippen LogP contribution is -2.38. The van der Waals surface area contributed by atoms with Crippen LogP contribution >= 0.6 is 12.4 Å². The van der Waals surface area contributed by atoms with Gasteiger partial charge in [0.05, 0.1) is 6.61 Å². The fraction of sp³-hybridized carbons (Fsp3) is 0.533. The van der Waals surface area contributed by atoms with Crippen LogP contribution in [0.4, 0.5) is 4.39 Å². The molecular weight excluding hydrogens is 295 g/mol. The van der Waals surface area contributed by atoms with Crippen molar-refractivity contribution in [1.29, 1.82) is 0 Å². The second-order valence-electron chi connectivity index (χ2n) is 5.03. The van der Waals surface area contributed by atoms with Crippen molar-refractivity contribution in [3.8, 4) is 5.75 Å². The number of nitrogens with zero attached hydrogens (tertiary/aromatic N) is 1. The normalized spacial score (nSPS) is 17.1. The maximum absolute atomic E-state index is 13.3. The van der Waals surface area contributed by atoms with Crippen LogP contribution in [0.3, 0.4) is 0 Å². The van der Waals surface area contributed by atoms with E-state index in [0.29, 0.717) is 25.5 Å². The molecule has 0 aromatic heterocycles. The highest BCUT2D eigenvalue weighted by Crippen LogP contribution is 2.16. The minimum atomic E-state index is -0.368. The van der Waals surface area contributed by atoms with Gasteiger partial charge in [0.2, 0.25) is 5.91 Å². The van der Waals surface area contributed by atoms with Crippen molar-refractivity contribution in [3.05, 3.63) is 30.1 Å². The quantitative estimate of drug-likeness (QED) is 0.818. The van der Waals surface area contributed by atoms with Gasteiger partial charge in [-0.2, -0.15) is 0 Å². The SMILES string of the molecule is CN(C(=O)CCCOc1ccccc1F)C1CCNC1.Cl. The first kappa shape index (κ1) is 17.7. The first-order chi connectivity index (χ1) is 9.68. The predicted octanol–water partition coefficient (Wildman–Crippen LogP) is 2.23. The van der Waals surface area contributed by atoms with Crippen molar-refractivity contribution in [2.24, 2.45) is 0 Å². The third-order valence-electron chi connectivity index (χ3n) is 3.60. The van der Waals surface area contributed by atoms with Gasteiger partial charge in [0.1, 0.15) is 0 Å². The minimum absolute atomic E-state index is 0. The van der Waals surface area contributed by atoms with Crippen molar-refractivity contribution in [2.75, 3.05) is 26.7 Å². The number of rotatable bonds is 6. The number of hydrogen-bond acceptors (Lipinski definition) is 3. The highest BCUT2D eigenvalue weighted by Gasteiger charge is 2.22. The van der Waals surface area contributed by atoms with Gasteiger partial charge in [-0.1, -0.05) is 12.1 Å². The van der Waals surface area contributed by atoms with Gasteiger partial charge < -0.3 is 15.0 Å². The first-order valence-electron chi connectivity index (χ1n) is 7.02. The third kappa shape index (κ3) is 5.17. The van der Waals surface area contributed by atoms with Crippen LogP contribution in [0.1, 0.15) is 19.3 Å². The zero-order valence-corrected chi connectivity index (χ0v) is 13.0. The third-order valence-corrected chi connectivity index (χ3v) is 3.60. The number of amides is 1. The number of nitrogens with one attached hydrogen (secondary N) is 1. The molecule has 21 heavy (non-hydrogen) atoms. The van der Waals surface area contributed by atoms with E-state index in [4.69, 9.17) is 4.74 Å². The van der Waals surface area contributed by atoms with Gasteiger partial charge in [0, 0.05) is 26.1 Å². The van der Waals surface area contributed by atoms with Crippen LogP contribution in [-0.4, -0.2) is 43.6 Å². The smallest absolute Gasteiger partial charge is 0.222 e. The van der Waals surface area contributed by atoms with E-state index in [9.17, 15) is 9.18 Å². The van der Waals surface area contributed by atoms with Gasteiger partial charge in [0.15, 0.2) is 11.6 Å². The molecule has 1 unspecified atom stereocenters. The molecule has 1 aromatic carbocycles. The Labute approximate surface area is 131 Å². The fourth-order valence-electron chi connectivity index (χ4n) is 2.32. The number of ether oxygens (including phenoxy) is 1. The summed E-state index contributed by atoms with van der Waals surface area (Å²) in [6, 6.07) is 6.60. The Hall–Kier alpha value is -1.33. The van der Waals surface area contributed by atoms with Crippen molar-refractivity contribution >= 4 is 18.3 Å². The van der Waals surface area contributed by atoms with E-state index in [1.165, 1.54) is 6.07 Å². The van der Waals surface area contributed by atoms with Crippen LogP contribution in [0.25, 0.3) is 0 Å². The number of halogens is 2. The molecule has 4 nitrogen and oxygen atoms in total. The van der Waals surface area contributed by atoms with Gasteiger partial charge >= 0.3 is 0 Å². The highest BCUT2D eigenvalue weighted by atomic mass is 35.5. The summed E-state index contributed by atoms with van der Waals surface area (Å²) in [5.41, 5.74) is 0. The van der Waals surface area contributed by atoms with E-state index in [0.717, 1.165) is 19.5 Å². The Morgan fingerprint density at radius 3 is 2.90 bits per heavy atom. The molecule has 6 heteroatoms. The Kier molecular flexibility index (Phi) is 7.47. The zero-order valence-electron chi connectivity index (χ0n) is 12.2. The summed E-state index contributed by atoms with van der Waals surface area (Å²) >= 11 is 0. The topological polar surface area (TPSA) is 41.6 Å². The molecule has 2 rings (SSSR count). The molecule has 1 saturated heterocycles. The average Bonchev–Trinajstić information content (AvgIpc) is 2.98. The lowest BCUT2D eigenvalue weighted by Gasteiger charge is -2.23. The van der Waals surface area contributed by atoms with Crippen LogP contribution in [0, 0.1) is 5.82 Å². The van der Waals surface area contributed by atoms with E-state index in [-0.39, 0.29) is 29.9 Å². The van der Waals surface area contributed by atoms with Crippen molar-refractivity contribution in [2.45, 2.75) is 25.3 Å². The van der Waals surface area contributed by atoms with E-state index in [1.807, 2.05) is 11.9 Å². The van der Waals surface area contributed by atoms with Crippen LogP contribution in [0.5, 0.6) is 5.75 Å². The van der Waals surface area contributed by atoms with Gasteiger partial charge in [-0.25, -0.2) is 4.39 Å². The molecule has 0 bridgehead atoms. The second-order valence-corrected chi connectivity index (χ2v) is 5.03. The summed E-state index contributed by atoms with van der Waals surface area (Å²) in [4.78, 5) is 13.8. The Balaban J connectivity index is 0.00000220. The largest absolute Gasteiger partial charge is 0.491 e. The summed E-state index contributed by atoms with van der Waals surface area (Å²) in [5, 5.41) is 3.24.